The fourth-order valence-electron chi connectivity index (χ4n) is 2.23. The summed E-state index contributed by atoms with van der Waals surface area (Å²) in [6.07, 6.45) is 1.14. The number of nitrogens with one attached hydrogen (secondary N) is 1. The van der Waals surface area contributed by atoms with Gasteiger partial charge in [0.15, 0.2) is 0 Å². The minimum atomic E-state index is 0.164. The third-order valence-electron chi connectivity index (χ3n) is 3.16. The Balaban J connectivity index is 3.12. The molecule has 1 unspecified atom stereocenters. The zero-order chi connectivity index (χ0) is 13.8. The molecule has 2 heteroatoms. The lowest BCUT2D eigenvalue weighted by Crippen LogP contribution is -2.33. The van der Waals surface area contributed by atoms with Crippen LogP contribution < -0.4 is 10.1 Å². The number of ether oxygens (including phenoxy) is 1. The summed E-state index contributed by atoms with van der Waals surface area (Å²) in [5, 5.41) is 3.64. The minimum Gasteiger partial charge on any atom is -0.496 e. The van der Waals surface area contributed by atoms with Gasteiger partial charge in [-0.1, -0.05) is 39.8 Å². The molecule has 0 saturated heterocycles. The summed E-state index contributed by atoms with van der Waals surface area (Å²) in [5.74, 6) is 0.985. The lowest BCUT2D eigenvalue weighted by atomic mass is 9.81. The van der Waals surface area contributed by atoms with Gasteiger partial charge in [-0.05, 0) is 36.9 Å². The number of benzene rings is 1. The van der Waals surface area contributed by atoms with E-state index in [1.807, 2.05) is 0 Å². The van der Waals surface area contributed by atoms with Crippen LogP contribution in [-0.4, -0.2) is 13.7 Å². The van der Waals surface area contributed by atoms with E-state index in [2.05, 4.69) is 58.1 Å². The van der Waals surface area contributed by atoms with Gasteiger partial charge >= 0.3 is 0 Å². The van der Waals surface area contributed by atoms with Crippen molar-refractivity contribution in [2.24, 2.45) is 5.41 Å². The Morgan fingerprint density at radius 2 is 1.94 bits per heavy atom. The average Bonchev–Trinajstić information content (AvgIpc) is 2.29. The van der Waals surface area contributed by atoms with Gasteiger partial charge in [0.1, 0.15) is 5.75 Å². The van der Waals surface area contributed by atoms with E-state index in [1.54, 1.807) is 7.11 Å². The average molecular weight is 249 g/mol. The summed E-state index contributed by atoms with van der Waals surface area (Å²) >= 11 is 0. The van der Waals surface area contributed by atoms with Gasteiger partial charge in [0, 0.05) is 11.6 Å². The number of aryl methyl sites for hydroxylation is 1. The maximum atomic E-state index is 5.54. The van der Waals surface area contributed by atoms with Crippen LogP contribution in [0.5, 0.6) is 5.75 Å². The summed E-state index contributed by atoms with van der Waals surface area (Å²) in [4.78, 5) is 0. The van der Waals surface area contributed by atoms with Crippen molar-refractivity contribution in [3.8, 4) is 5.75 Å². The van der Waals surface area contributed by atoms with E-state index >= 15 is 0 Å². The zero-order valence-electron chi connectivity index (χ0n) is 12.6. The van der Waals surface area contributed by atoms with Gasteiger partial charge in [0.05, 0.1) is 7.11 Å². The number of methoxy groups -OCH3 is 1. The fourth-order valence-corrected chi connectivity index (χ4v) is 2.23. The molecule has 1 N–H and O–H groups in total. The van der Waals surface area contributed by atoms with Gasteiger partial charge in [0.2, 0.25) is 0 Å². The molecule has 0 fully saturated rings. The van der Waals surface area contributed by atoms with Crippen LogP contribution in [0.1, 0.15) is 51.3 Å². The van der Waals surface area contributed by atoms with Crippen molar-refractivity contribution in [2.45, 2.75) is 47.1 Å². The molecular weight excluding hydrogens is 222 g/mol. The molecule has 0 bridgehead atoms. The molecule has 0 aliphatic heterocycles. The Hall–Kier alpha value is -1.02. The second kappa shape index (κ2) is 6.24. The molecule has 1 rings (SSSR count). The smallest absolute Gasteiger partial charge is 0.123 e. The van der Waals surface area contributed by atoms with Crippen molar-refractivity contribution in [1.82, 2.24) is 5.32 Å². The molecule has 0 aliphatic carbocycles. The second-order valence-corrected chi connectivity index (χ2v) is 6.00. The highest BCUT2D eigenvalue weighted by Gasteiger charge is 2.27. The van der Waals surface area contributed by atoms with E-state index in [1.165, 1.54) is 11.1 Å². The summed E-state index contributed by atoms with van der Waals surface area (Å²) in [7, 11) is 1.75. The Bertz CT molecular complexity index is 379. The molecule has 0 spiro atoms. The molecule has 0 saturated carbocycles. The Labute approximate surface area is 112 Å². The first-order chi connectivity index (χ1) is 8.40. The highest BCUT2D eigenvalue weighted by molar-refractivity contribution is 5.40. The molecule has 0 heterocycles. The van der Waals surface area contributed by atoms with Gasteiger partial charge < -0.3 is 10.1 Å². The molecule has 1 aromatic rings. The molecule has 0 aromatic heterocycles. The van der Waals surface area contributed by atoms with Crippen LogP contribution in [0.15, 0.2) is 18.2 Å². The molecule has 0 amide bonds. The first kappa shape index (κ1) is 15.0. The molecule has 1 aromatic carbocycles. The van der Waals surface area contributed by atoms with Gasteiger partial charge in [-0.2, -0.15) is 0 Å². The molecule has 0 aliphatic rings. The molecular formula is C16H27NO. The largest absolute Gasteiger partial charge is 0.496 e. The van der Waals surface area contributed by atoms with E-state index in [-0.39, 0.29) is 5.41 Å². The van der Waals surface area contributed by atoms with Gasteiger partial charge in [-0.15, -0.1) is 0 Å². The SMILES string of the molecule is CCCNC(c1ccc(C)cc1OC)C(C)(C)C. The number of rotatable bonds is 5. The standard InChI is InChI=1S/C16H27NO/c1-7-10-17-15(16(3,4)5)13-9-8-12(2)11-14(13)18-6/h8-9,11,15,17H,7,10H2,1-6H3. The maximum absolute atomic E-state index is 5.54. The summed E-state index contributed by atoms with van der Waals surface area (Å²) in [6, 6.07) is 6.77. The van der Waals surface area contributed by atoms with Gasteiger partial charge in [0.25, 0.3) is 0 Å². The van der Waals surface area contributed by atoms with Crippen LogP contribution in [0.2, 0.25) is 0 Å². The lowest BCUT2D eigenvalue weighted by molar-refractivity contribution is 0.265. The third-order valence-corrected chi connectivity index (χ3v) is 3.16. The first-order valence-corrected chi connectivity index (χ1v) is 6.78. The van der Waals surface area contributed by atoms with Gasteiger partial charge in [-0.25, -0.2) is 0 Å². The number of hydrogen-bond acceptors (Lipinski definition) is 2. The van der Waals surface area contributed by atoms with Crippen LogP contribution in [0.3, 0.4) is 0 Å². The molecule has 0 radical (unpaired) electrons. The monoisotopic (exact) mass is 249 g/mol. The van der Waals surface area contributed by atoms with Crippen LogP contribution in [0.25, 0.3) is 0 Å². The van der Waals surface area contributed by atoms with Crippen molar-refractivity contribution in [1.29, 1.82) is 0 Å². The molecule has 18 heavy (non-hydrogen) atoms. The maximum Gasteiger partial charge on any atom is 0.123 e. The molecule has 2 nitrogen and oxygen atoms in total. The van der Waals surface area contributed by atoms with E-state index in [4.69, 9.17) is 4.74 Å². The molecule has 1 atom stereocenters. The topological polar surface area (TPSA) is 21.3 Å². The predicted molar refractivity (Wildman–Crippen MR) is 78.2 cm³/mol. The summed E-state index contributed by atoms with van der Waals surface area (Å²) in [6.45, 7) is 12.1. The van der Waals surface area contributed by atoms with Crippen molar-refractivity contribution in [2.75, 3.05) is 13.7 Å². The first-order valence-electron chi connectivity index (χ1n) is 6.78. The predicted octanol–water partition coefficient (Wildman–Crippen LogP) is 4.09. The zero-order valence-corrected chi connectivity index (χ0v) is 12.6. The lowest BCUT2D eigenvalue weighted by Gasteiger charge is -2.33. The minimum absolute atomic E-state index is 0.164. The highest BCUT2D eigenvalue weighted by atomic mass is 16.5. The third kappa shape index (κ3) is 3.74. The van der Waals surface area contributed by atoms with Crippen molar-refractivity contribution in [3.63, 3.8) is 0 Å². The van der Waals surface area contributed by atoms with Crippen molar-refractivity contribution in [3.05, 3.63) is 29.3 Å². The van der Waals surface area contributed by atoms with Crippen molar-refractivity contribution < 1.29 is 4.74 Å². The second-order valence-electron chi connectivity index (χ2n) is 6.00. The van der Waals surface area contributed by atoms with E-state index < -0.39 is 0 Å². The van der Waals surface area contributed by atoms with Gasteiger partial charge in [-0.3, -0.25) is 0 Å². The summed E-state index contributed by atoms with van der Waals surface area (Å²) < 4.78 is 5.54. The van der Waals surface area contributed by atoms with E-state index in [0.717, 1.165) is 18.7 Å². The summed E-state index contributed by atoms with van der Waals surface area (Å²) in [5.41, 5.74) is 2.65. The fraction of sp³-hybridized carbons (Fsp3) is 0.625. The Kier molecular flexibility index (Phi) is 5.21. The quantitative estimate of drug-likeness (QED) is 0.848. The Morgan fingerprint density at radius 1 is 1.28 bits per heavy atom. The van der Waals surface area contributed by atoms with Crippen LogP contribution in [0, 0.1) is 12.3 Å². The van der Waals surface area contributed by atoms with Crippen LogP contribution in [0.4, 0.5) is 0 Å². The van der Waals surface area contributed by atoms with Crippen LogP contribution >= 0.6 is 0 Å². The number of hydrogen-bond donors (Lipinski definition) is 1. The highest BCUT2D eigenvalue weighted by Crippen LogP contribution is 2.37. The molecule has 102 valence electrons. The van der Waals surface area contributed by atoms with E-state index in [0.29, 0.717) is 6.04 Å². The van der Waals surface area contributed by atoms with Crippen molar-refractivity contribution >= 4 is 0 Å². The normalized spacial score (nSPS) is 13.4. The van der Waals surface area contributed by atoms with E-state index in [9.17, 15) is 0 Å². The van der Waals surface area contributed by atoms with Crippen LogP contribution in [-0.2, 0) is 0 Å². The Morgan fingerprint density at radius 3 is 2.44 bits per heavy atom.